The van der Waals surface area contributed by atoms with Crippen LogP contribution in [0.2, 0.25) is 0 Å². The van der Waals surface area contributed by atoms with Gasteiger partial charge in [0.1, 0.15) is 5.69 Å². The lowest BCUT2D eigenvalue weighted by molar-refractivity contribution is -0.692. The maximum absolute atomic E-state index is 13.6. The van der Waals surface area contributed by atoms with Crippen LogP contribution in [0.25, 0.3) is 17.0 Å². The van der Waals surface area contributed by atoms with Crippen LogP contribution in [0.4, 0.5) is 8.78 Å². The summed E-state index contributed by atoms with van der Waals surface area (Å²) in [5.41, 5.74) is -0.444. The summed E-state index contributed by atoms with van der Waals surface area (Å²) in [4.78, 5) is 40.7. The van der Waals surface area contributed by atoms with Gasteiger partial charge in [-0.25, -0.2) is 18.7 Å². The van der Waals surface area contributed by atoms with Crippen LogP contribution in [0.3, 0.4) is 0 Å². The van der Waals surface area contributed by atoms with Crippen molar-refractivity contribution in [3.05, 3.63) is 33.7 Å². The van der Waals surface area contributed by atoms with Crippen LogP contribution in [0, 0.1) is 5.41 Å². The number of fused-ring (bicyclic) bond motifs is 1. The molecule has 37 heavy (non-hydrogen) atoms. The first-order chi connectivity index (χ1) is 17.3. The van der Waals surface area contributed by atoms with E-state index in [1.165, 1.54) is 15.7 Å². The Hall–Kier alpha value is -3.77. The molecule has 0 unspecified atom stereocenters. The van der Waals surface area contributed by atoms with Crippen LogP contribution in [-0.2, 0) is 6.54 Å². The maximum Gasteiger partial charge on any atom is 0.378 e. The molecule has 2 amide bonds. The summed E-state index contributed by atoms with van der Waals surface area (Å²) in [7, 11) is 0. The standard InChI is InChI=1S/C24H29F2N7O4/c1-23(2,3)12-32-16-10-15(30-33(16)22(37)17(21(32)36)19(34)28-13-4-5-13)18-14(11-27-29-18)20(35)31-8-6-24(25,26)7-9-31/h10-11,13H,4-9,12H2,1-3H3,(H3,27,28,29,30,34,35,36,37)/p+1. The van der Waals surface area contributed by atoms with Gasteiger partial charge in [0, 0.05) is 32.0 Å². The summed E-state index contributed by atoms with van der Waals surface area (Å²) in [6.07, 6.45) is 2.12. The number of hydrogen-bond acceptors (Lipinski definition) is 5. The second kappa shape index (κ2) is 8.67. The molecule has 11 nitrogen and oxygen atoms in total. The van der Waals surface area contributed by atoms with Crippen LogP contribution < -0.4 is 15.4 Å². The van der Waals surface area contributed by atoms with Crippen molar-refractivity contribution in [2.45, 2.75) is 65.0 Å². The van der Waals surface area contributed by atoms with E-state index in [1.54, 1.807) is 6.07 Å². The van der Waals surface area contributed by atoms with Gasteiger partial charge in [-0.3, -0.25) is 14.7 Å². The van der Waals surface area contributed by atoms with E-state index in [0.717, 1.165) is 17.4 Å². The second-order valence-corrected chi connectivity index (χ2v) is 11.1. The molecule has 0 bridgehead atoms. The third-order valence-corrected chi connectivity index (χ3v) is 6.60. The molecule has 0 radical (unpaired) electrons. The Morgan fingerprint density at radius 3 is 2.57 bits per heavy atom. The summed E-state index contributed by atoms with van der Waals surface area (Å²) in [6.45, 7) is 5.97. The molecule has 0 spiro atoms. The Morgan fingerprint density at radius 2 is 1.95 bits per heavy atom. The fourth-order valence-corrected chi connectivity index (χ4v) is 4.51. The number of H-pyrrole nitrogens is 2. The topological polar surface area (TPSA) is 139 Å². The number of carbonyl (C=O) groups excluding carboxylic acids is 2. The Balaban J connectivity index is 1.59. The van der Waals surface area contributed by atoms with Gasteiger partial charge >= 0.3 is 17.1 Å². The van der Waals surface area contributed by atoms with Crippen LogP contribution >= 0.6 is 0 Å². The summed E-state index contributed by atoms with van der Waals surface area (Å²) < 4.78 is 29.8. The molecule has 2 fully saturated rings. The van der Waals surface area contributed by atoms with Gasteiger partial charge in [0.15, 0.2) is 0 Å². The van der Waals surface area contributed by atoms with Crippen molar-refractivity contribution < 1.29 is 28.0 Å². The van der Waals surface area contributed by atoms with Crippen LogP contribution in [-0.4, -0.2) is 66.7 Å². The summed E-state index contributed by atoms with van der Waals surface area (Å²) >= 11 is 0. The van der Waals surface area contributed by atoms with E-state index in [9.17, 15) is 28.3 Å². The fourth-order valence-electron chi connectivity index (χ4n) is 4.51. The molecule has 3 aromatic rings. The van der Waals surface area contributed by atoms with E-state index in [2.05, 4.69) is 20.6 Å². The number of nitrogens with one attached hydrogen (secondary N) is 3. The highest BCUT2D eigenvalue weighted by atomic mass is 19.3. The van der Waals surface area contributed by atoms with Gasteiger partial charge < -0.3 is 15.3 Å². The zero-order valence-corrected chi connectivity index (χ0v) is 20.9. The van der Waals surface area contributed by atoms with Crippen molar-refractivity contribution in [3.8, 4) is 17.3 Å². The predicted molar refractivity (Wildman–Crippen MR) is 127 cm³/mol. The predicted octanol–water partition coefficient (Wildman–Crippen LogP) is 1.82. The molecule has 1 saturated heterocycles. The second-order valence-electron chi connectivity index (χ2n) is 11.1. The Labute approximate surface area is 210 Å². The Bertz CT molecular complexity index is 1440. The first kappa shape index (κ1) is 24.9. The number of hydrogen-bond donors (Lipinski definition) is 4. The molecule has 0 atom stereocenters. The highest BCUT2D eigenvalue weighted by Gasteiger charge is 2.38. The monoisotopic (exact) mass is 518 g/mol. The smallest absolute Gasteiger partial charge is 0.378 e. The largest absolute Gasteiger partial charge is 0.477 e. The number of alkyl halides is 2. The SMILES string of the molecule is CC(C)(C)C[n+]1c(O)c(C(=O)NC2CC2)c(=O)n2[nH]c(-c3[nH]ncc3C(=O)N3CCC(F)(F)CC3)cc21. The molecule has 4 N–H and O–H groups in total. The fraction of sp³-hybridized carbons (Fsp3) is 0.542. The quantitative estimate of drug-likeness (QED) is 0.382. The number of amides is 2. The van der Waals surface area contributed by atoms with Crippen molar-refractivity contribution in [1.29, 1.82) is 0 Å². The lowest BCUT2D eigenvalue weighted by Crippen LogP contribution is -2.47. The van der Waals surface area contributed by atoms with Gasteiger partial charge in [-0.1, -0.05) is 25.3 Å². The molecule has 13 heteroatoms. The number of rotatable bonds is 5. The minimum atomic E-state index is -2.79. The van der Waals surface area contributed by atoms with Crippen molar-refractivity contribution in [2.24, 2.45) is 5.41 Å². The van der Waals surface area contributed by atoms with Gasteiger partial charge in [-0.15, -0.1) is 0 Å². The van der Waals surface area contributed by atoms with Crippen molar-refractivity contribution >= 4 is 17.5 Å². The average Bonchev–Trinajstić information content (AvgIpc) is 3.30. The lowest BCUT2D eigenvalue weighted by atomic mass is 9.96. The van der Waals surface area contributed by atoms with Crippen LogP contribution in [0.15, 0.2) is 17.1 Å². The number of halogens is 2. The molecule has 1 saturated carbocycles. The van der Waals surface area contributed by atoms with Crippen molar-refractivity contribution in [3.63, 3.8) is 0 Å². The number of nitrogens with zero attached hydrogens (tertiary/aromatic N) is 4. The molecule has 1 aliphatic carbocycles. The highest BCUT2D eigenvalue weighted by molar-refractivity contribution is 5.99. The Morgan fingerprint density at radius 1 is 1.27 bits per heavy atom. The first-order valence-electron chi connectivity index (χ1n) is 12.3. The molecule has 2 aliphatic rings. The average molecular weight is 519 g/mol. The van der Waals surface area contributed by atoms with Gasteiger partial charge in [-0.05, 0) is 18.3 Å². The molecule has 1 aliphatic heterocycles. The first-order valence-corrected chi connectivity index (χ1v) is 12.3. The number of piperidine rings is 1. The summed E-state index contributed by atoms with van der Waals surface area (Å²) in [6, 6.07) is 1.56. The molecule has 0 aromatic carbocycles. The molecule has 3 aromatic heterocycles. The summed E-state index contributed by atoms with van der Waals surface area (Å²) in [5.74, 6) is -4.35. The van der Waals surface area contributed by atoms with Crippen LogP contribution in [0.5, 0.6) is 5.88 Å². The minimum absolute atomic E-state index is 0.0180. The number of carbonyl (C=O) groups is 2. The molecule has 198 valence electrons. The third kappa shape index (κ3) is 4.81. The molecular formula is C24H30F2N7O4+. The van der Waals surface area contributed by atoms with Crippen LogP contribution in [0.1, 0.15) is 67.2 Å². The zero-order valence-electron chi connectivity index (χ0n) is 20.9. The zero-order chi connectivity index (χ0) is 26.7. The van der Waals surface area contributed by atoms with Crippen molar-refractivity contribution in [1.82, 2.24) is 30.0 Å². The van der Waals surface area contributed by atoms with E-state index in [0.29, 0.717) is 5.69 Å². The van der Waals surface area contributed by atoms with Crippen molar-refractivity contribution in [2.75, 3.05) is 13.1 Å². The van der Waals surface area contributed by atoms with Gasteiger partial charge in [0.2, 0.25) is 5.56 Å². The van der Waals surface area contributed by atoms with E-state index < -0.39 is 42.0 Å². The van der Waals surface area contributed by atoms with E-state index >= 15 is 0 Å². The number of aromatic hydroxyl groups is 1. The van der Waals surface area contributed by atoms with Gasteiger partial charge in [0.05, 0.1) is 30.1 Å². The minimum Gasteiger partial charge on any atom is -0.477 e. The van der Waals surface area contributed by atoms with Gasteiger partial charge in [0.25, 0.3) is 17.7 Å². The summed E-state index contributed by atoms with van der Waals surface area (Å²) in [5, 5.41) is 23.5. The lowest BCUT2D eigenvalue weighted by Gasteiger charge is -2.31. The molecule has 4 heterocycles. The van der Waals surface area contributed by atoms with E-state index in [4.69, 9.17) is 0 Å². The molecule has 5 rings (SSSR count). The maximum atomic E-state index is 13.6. The highest BCUT2D eigenvalue weighted by Crippen LogP contribution is 2.30. The number of aromatic amines is 2. The number of aromatic nitrogens is 5. The van der Waals surface area contributed by atoms with E-state index in [1.807, 2.05) is 20.8 Å². The normalized spacial score (nSPS) is 17.8. The molecular weight excluding hydrogens is 488 g/mol. The van der Waals surface area contributed by atoms with Gasteiger partial charge in [-0.2, -0.15) is 9.67 Å². The Kier molecular flexibility index (Phi) is 5.83. The third-order valence-electron chi connectivity index (χ3n) is 6.60. The number of likely N-dealkylation sites (tertiary alicyclic amines) is 1. The van der Waals surface area contributed by atoms with E-state index in [-0.39, 0.29) is 53.6 Å².